The Bertz CT molecular complexity index is 1460. The van der Waals surface area contributed by atoms with Gasteiger partial charge in [-0.1, -0.05) is 27.3 Å². The van der Waals surface area contributed by atoms with E-state index in [1.165, 1.54) is 29.8 Å². The summed E-state index contributed by atoms with van der Waals surface area (Å²) in [5.74, 6) is -1.60. The van der Waals surface area contributed by atoms with Crippen molar-refractivity contribution < 1.29 is 28.7 Å². The van der Waals surface area contributed by atoms with Crippen LogP contribution in [0.15, 0.2) is 27.7 Å². The monoisotopic (exact) mass is 639 g/mol. The van der Waals surface area contributed by atoms with Gasteiger partial charge < -0.3 is 19.4 Å². The third-order valence-corrected chi connectivity index (χ3v) is 9.40. The predicted molar refractivity (Wildman–Crippen MR) is 153 cm³/mol. The number of anilines is 1. The number of esters is 2. The molecule has 1 aliphatic rings. The number of carbonyl (C=O) groups is 4. The molecule has 0 fully saturated rings. The maximum Gasteiger partial charge on any atom is 0.341 e. The zero-order chi connectivity index (χ0) is 27.2. The predicted octanol–water partition coefficient (Wildman–Crippen LogP) is 4.55. The van der Waals surface area contributed by atoms with Crippen molar-refractivity contribution in [3.63, 3.8) is 0 Å². The van der Waals surface area contributed by atoms with Crippen molar-refractivity contribution in [2.24, 2.45) is 4.99 Å². The fourth-order valence-electron chi connectivity index (χ4n) is 4.08. The van der Waals surface area contributed by atoms with Gasteiger partial charge in [-0.2, -0.15) is 4.99 Å². The molecule has 1 aliphatic carbocycles. The largest absolute Gasteiger partial charge is 0.468 e. The molecule has 2 amide bonds. The fourth-order valence-corrected chi connectivity index (χ4v) is 7.58. The molecule has 0 atom stereocenters. The molecule has 38 heavy (non-hydrogen) atoms. The highest BCUT2D eigenvalue weighted by molar-refractivity contribution is 9.10. The van der Waals surface area contributed by atoms with Crippen LogP contribution in [0.25, 0.3) is 10.2 Å². The van der Waals surface area contributed by atoms with Gasteiger partial charge in [0.1, 0.15) is 11.5 Å². The third kappa shape index (κ3) is 6.74. The topological polar surface area (TPSA) is 116 Å². The average Bonchev–Trinajstić information content (AvgIpc) is 3.40. The van der Waals surface area contributed by atoms with Crippen molar-refractivity contribution in [1.82, 2.24) is 4.57 Å². The number of fused-ring (bicyclic) bond motifs is 2. The molecule has 0 saturated carbocycles. The Hall–Kier alpha value is -2.48. The molecule has 0 unspecified atom stereocenters. The van der Waals surface area contributed by atoms with E-state index in [0.717, 1.165) is 62.6 Å². The van der Waals surface area contributed by atoms with E-state index in [4.69, 9.17) is 9.47 Å². The number of hydrogen-bond donors (Lipinski definition) is 1. The summed E-state index contributed by atoms with van der Waals surface area (Å²) in [5.41, 5.74) is 2.20. The van der Waals surface area contributed by atoms with Crippen LogP contribution in [0.5, 0.6) is 0 Å². The number of nitrogens with one attached hydrogen (secondary N) is 1. The maximum atomic E-state index is 12.7. The van der Waals surface area contributed by atoms with Crippen molar-refractivity contribution >= 4 is 89.3 Å². The Labute approximate surface area is 239 Å². The lowest BCUT2D eigenvalue weighted by atomic mass is 9.95. The third-order valence-electron chi connectivity index (χ3n) is 5.74. The molecule has 0 spiro atoms. The highest BCUT2D eigenvalue weighted by Gasteiger charge is 2.27. The minimum atomic E-state index is -0.454. The summed E-state index contributed by atoms with van der Waals surface area (Å²) in [6.07, 6.45) is 3.74. The highest BCUT2D eigenvalue weighted by Crippen LogP contribution is 2.38. The summed E-state index contributed by atoms with van der Waals surface area (Å²) in [7, 11) is 1.30. The minimum Gasteiger partial charge on any atom is -0.468 e. The van der Waals surface area contributed by atoms with Crippen LogP contribution in [0.2, 0.25) is 0 Å². The number of amides is 2. The molecule has 9 nitrogen and oxygen atoms in total. The van der Waals surface area contributed by atoms with Gasteiger partial charge in [-0.15, -0.1) is 23.1 Å². The first-order valence-electron chi connectivity index (χ1n) is 11.9. The quantitative estimate of drug-likeness (QED) is 0.341. The van der Waals surface area contributed by atoms with Crippen LogP contribution in [0.4, 0.5) is 5.00 Å². The molecule has 0 radical (unpaired) electrons. The average molecular weight is 641 g/mol. The zero-order valence-corrected chi connectivity index (χ0v) is 24.9. The van der Waals surface area contributed by atoms with E-state index in [-0.39, 0.29) is 30.6 Å². The number of aromatic nitrogens is 1. The number of nitrogens with zero attached hydrogens (tertiary/aromatic N) is 2. The van der Waals surface area contributed by atoms with Crippen LogP contribution in [0.3, 0.4) is 0 Å². The normalized spacial score (nSPS) is 13.3. The van der Waals surface area contributed by atoms with Crippen molar-refractivity contribution in [2.75, 3.05) is 30.5 Å². The summed E-state index contributed by atoms with van der Waals surface area (Å²) < 4.78 is 13.4. The Morgan fingerprint density at radius 1 is 1.16 bits per heavy atom. The van der Waals surface area contributed by atoms with Gasteiger partial charge in [0.25, 0.3) is 5.91 Å². The second-order valence-corrected chi connectivity index (χ2v) is 12.4. The molecule has 0 aliphatic heterocycles. The summed E-state index contributed by atoms with van der Waals surface area (Å²) in [5, 5.41) is 3.36. The molecule has 2 heterocycles. The lowest BCUT2D eigenvalue weighted by Crippen LogP contribution is -2.23. The van der Waals surface area contributed by atoms with Crippen molar-refractivity contribution in [3.05, 3.63) is 43.5 Å². The standard InChI is InChI=1S/C25H26BrN3O6S3/c1-3-35-24(33)22-15-6-4-5-7-17(15)37-23(22)27-19(30)12-36-13-20(31)28-25-29(11-21(32)34-2)16-9-8-14(26)10-18(16)38-25/h8-10H,3-7,11-13H2,1-2H3,(H,27,30). The van der Waals surface area contributed by atoms with E-state index in [2.05, 4.69) is 26.2 Å². The van der Waals surface area contributed by atoms with Gasteiger partial charge in [0.2, 0.25) is 5.91 Å². The van der Waals surface area contributed by atoms with Crippen LogP contribution in [0, 0.1) is 0 Å². The number of thiazole rings is 1. The van der Waals surface area contributed by atoms with Gasteiger partial charge in [-0.25, -0.2) is 4.79 Å². The van der Waals surface area contributed by atoms with Crippen molar-refractivity contribution in [1.29, 1.82) is 0 Å². The van der Waals surface area contributed by atoms with Gasteiger partial charge in [0, 0.05) is 9.35 Å². The van der Waals surface area contributed by atoms with Gasteiger partial charge in [0.15, 0.2) is 4.80 Å². The second-order valence-electron chi connectivity index (χ2n) is 8.34. The number of thiophene rings is 1. The van der Waals surface area contributed by atoms with E-state index in [1.807, 2.05) is 18.2 Å². The van der Waals surface area contributed by atoms with E-state index in [0.29, 0.717) is 15.4 Å². The second kappa shape index (κ2) is 13.0. The highest BCUT2D eigenvalue weighted by atomic mass is 79.9. The number of benzene rings is 1. The van der Waals surface area contributed by atoms with Crippen molar-refractivity contribution in [2.45, 2.75) is 39.2 Å². The maximum absolute atomic E-state index is 12.7. The number of halogens is 1. The van der Waals surface area contributed by atoms with E-state index < -0.39 is 17.8 Å². The van der Waals surface area contributed by atoms with Gasteiger partial charge >= 0.3 is 11.9 Å². The first-order valence-corrected chi connectivity index (χ1v) is 15.5. The number of carbonyl (C=O) groups excluding carboxylic acids is 4. The van der Waals surface area contributed by atoms with Gasteiger partial charge in [-0.05, 0) is 56.4 Å². The van der Waals surface area contributed by atoms with Crippen LogP contribution < -0.4 is 10.1 Å². The lowest BCUT2D eigenvalue weighted by molar-refractivity contribution is -0.141. The van der Waals surface area contributed by atoms with E-state index in [1.54, 1.807) is 11.5 Å². The number of aryl methyl sites for hydroxylation is 1. The summed E-state index contributed by atoms with van der Waals surface area (Å²) >= 11 is 7.28. The first kappa shape index (κ1) is 28.5. The molecule has 13 heteroatoms. The molecular formula is C25H26BrN3O6S3. The lowest BCUT2D eigenvalue weighted by Gasteiger charge is -2.12. The first-order chi connectivity index (χ1) is 18.3. The van der Waals surface area contributed by atoms with Crippen molar-refractivity contribution in [3.8, 4) is 0 Å². The number of methoxy groups -OCH3 is 1. The van der Waals surface area contributed by atoms with Crippen LogP contribution in [0.1, 0.15) is 40.6 Å². The molecule has 0 bridgehead atoms. The molecule has 2 aromatic heterocycles. The van der Waals surface area contributed by atoms with E-state index in [9.17, 15) is 19.2 Å². The van der Waals surface area contributed by atoms with Crippen LogP contribution in [-0.4, -0.2) is 53.5 Å². The Morgan fingerprint density at radius 3 is 2.71 bits per heavy atom. The van der Waals surface area contributed by atoms with Gasteiger partial charge in [0.05, 0.1) is 41.0 Å². The molecule has 3 aromatic rings. The summed E-state index contributed by atoms with van der Waals surface area (Å²) in [6, 6.07) is 5.58. The summed E-state index contributed by atoms with van der Waals surface area (Å²) in [6.45, 7) is 1.94. The Kier molecular flexibility index (Phi) is 9.80. The fraction of sp³-hybridized carbons (Fsp3) is 0.400. The zero-order valence-electron chi connectivity index (χ0n) is 20.8. The van der Waals surface area contributed by atoms with Crippen LogP contribution in [-0.2, 0) is 43.2 Å². The Balaban J connectivity index is 1.43. The minimum absolute atomic E-state index is 0.0186. The number of rotatable bonds is 9. The van der Waals surface area contributed by atoms with E-state index >= 15 is 0 Å². The summed E-state index contributed by atoms with van der Waals surface area (Å²) in [4.78, 5) is 55.6. The van der Waals surface area contributed by atoms with Gasteiger partial charge in [-0.3, -0.25) is 14.4 Å². The molecule has 1 aromatic carbocycles. The Morgan fingerprint density at radius 2 is 1.95 bits per heavy atom. The molecule has 1 N–H and O–H groups in total. The molecule has 0 saturated heterocycles. The SMILES string of the molecule is CCOC(=O)c1c(NC(=O)CSCC(=O)N=c2sc3cc(Br)ccc3n2CC(=O)OC)sc2c1CCCC2. The smallest absolute Gasteiger partial charge is 0.341 e. The molecule has 4 rings (SSSR count). The van der Waals surface area contributed by atoms with Crippen LogP contribution >= 0.6 is 50.4 Å². The molecular weight excluding hydrogens is 614 g/mol. The number of thioether (sulfide) groups is 1. The molecule has 202 valence electrons. The number of hydrogen-bond acceptors (Lipinski definition) is 9. The number of ether oxygens (including phenoxy) is 2.